The molecule has 0 radical (unpaired) electrons. The van der Waals surface area contributed by atoms with Crippen LogP contribution in [0.25, 0.3) is 0 Å². The van der Waals surface area contributed by atoms with Gasteiger partial charge in [-0.1, -0.05) is 0 Å². The molecule has 2 heterocycles. The van der Waals surface area contributed by atoms with Crippen LogP contribution in [0.15, 0.2) is 18.2 Å². The Morgan fingerprint density at radius 3 is 2.75 bits per heavy atom. The van der Waals surface area contributed by atoms with Gasteiger partial charge in [-0.2, -0.15) is 0 Å². The number of amides is 1. The highest BCUT2D eigenvalue weighted by Gasteiger charge is 2.32. The van der Waals surface area contributed by atoms with Crippen LogP contribution >= 0.6 is 0 Å². The Labute approximate surface area is 140 Å². The SMILES string of the molecule is NCC1CN(c2ccc(N3CCCS(=O)(=O)CC3)c(F)c2)C(=O)O1. The van der Waals surface area contributed by atoms with Gasteiger partial charge < -0.3 is 15.4 Å². The zero-order valence-electron chi connectivity index (χ0n) is 13.2. The molecular formula is C15H20FN3O4S. The number of nitrogens with zero attached hydrogens (tertiary/aromatic N) is 2. The van der Waals surface area contributed by atoms with E-state index in [1.54, 1.807) is 17.0 Å². The first kappa shape index (κ1) is 17.0. The summed E-state index contributed by atoms with van der Waals surface area (Å²) in [4.78, 5) is 14.9. The summed E-state index contributed by atoms with van der Waals surface area (Å²) >= 11 is 0. The standard InChI is InChI=1S/C15H20FN3O4S/c16-13-8-11(19-10-12(9-17)23-15(19)20)2-3-14(13)18-4-1-6-24(21,22)7-5-18/h2-3,8,12H,1,4-7,9-10,17H2. The Hall–Kier alpha value is -1.87. The predicted molar refractivity (Wildman–Crippen MR) is 88.6 cm³/mol. The molecule has 2 saturated heterocycles. The molecule has 132 valence electrons. The summed E-state index contributed by atoms with van der Waals surface area (Å²) in [6.07, 6.45) is -0.463. The topological polar surface area (TPSA) is 92.9 Å². The lowest BCUT2D eigenvalue weighted by atomic mass is 10.2. The first-order valence-corrected chi connectivity index (χ1v) is 9.65. The Kier molecular flexibility index (Phi) is 4.64. The summed E-state index contributed by atoms with van der Waals surface area (Å²) in [5, 5.41) is 0. The van der Waals surface area contributed by atoms with Crippen molar-refractivity contribution in [1.29, 1.82) is 0 Å². The molecule has 2 aliphatic rings. The third-order valence-corrected chi connectivity index (χ3v) is 5.99. The molecule has 1 amide bonds. The zero-order valence-corrected chi connectivity index (χ0v) is 14.0. The van der Waals surface area contributed by atoms with Gasteiger partial charge in [-0.15, -0.1) is 0 Å². The lowest BCUT2D eigenvalue weighted by molar-refractivity contribution is 0.145. The smallest absolute Gasteiger partial charge is 0.414 e. The molecule has 1 atom stereocenters. The van der Waals surface area contributed by atoms with Crippen molar-refractivity contribution in [3.05, 3.63) is 24.0 Å². The Morgan fingerprint density at radius 2 is 2.08 bits per heavy atom. The predicted octanol–water partition coefficient (Wildman–Crippen LogP) is 0.734. The van der Waals surface area contributed by atoms with Crippen molar-refractivity contribution < 1.29 is 22.3 Å². The molecule has 2 N–H and O–H groups in total. The largest absolute Gasteiger partial charge is 0.443 e. The highest BCUT2D eigenvalue weighted by molar-refractivity contribution is 7.91. The van der Waals surface area contributed by atoms with E-state index < -0.39 is 27.9 Å². The fourth-order valence-electron chi connectivity index (χ4n) is 2.95. The van der Waals surface area contributed by atoms with Crippen molar-refractivity contribution in [2.75, 3.05) is 47.5 Å². The van der Waals surface area contributed by atoms with Gasteiger partial charge in [-0.05, 0) is 24.6 Å². The number of rotatable bonds is 3. The van der Waals surface area contributed by atoms with E-state index in [0.29, 0.717) is 24.3 Å². The van der Waals surface area contributed by atoms with Crippen LogP contribution in [0, 0.1) is 5.82 Å². The number of nitrogens with two attached hydrogens (primary N) is 1. The monoisotopic (exact) mass is 357 g/mol. The maximum absolute atomic E-state index is 14.5. The molecule has 0 spiro atoms. The Morgan fingerprint density at radius 1 is 1.29 bits per heavy atom. The average Bonchev–Trinajstić information content (AvgIpc) is 2.82. The minimum atomic E-state index is -3.06. The second-order valence-corrected chi connectivity index (χ2v) is 8.28. The van der Waals surface area contributed by atoms with Crippen molar-refractivity contribution in [3.63, 3.8) is 0 Å². The minimum absolute atomic E-state index is 0.0187. The van der Waals surface area contributed by atoms with Gasteiger partial charge >= 0.3 is 6.09 Å². The van der Waals surface area contributed by atoms with E-state index in [-0.39, 0.29) is 31.1 Å². The third-order valence-electron chi connectivity index (χ3n) is 4.28. The molecule has 24 heavy (non-hydrogen) atoms. The third kappa shape index (κ3) is 3.46. The van der Waals surface area contributed by atoms with Crippen LogP contribution < -0.4 is 15.5 Å². The minimum Gasteiger partial charge on any atom is -0.443 e. The molecule has 1 aromatic rings. The van der Waals surface area contributed by atoms with Gasteiger partial charge in [0.25, 0.3) is 0 Å². The molecule has 0 aromatic heterocycles. The van der Waals surface area contributed by atoms with Crippen molar-refractivity contribution in [2.45, 2.75) is 12.5 Å². The highest BCUT2D eigenvalue weighted by Crippen LogP contribution is 2.28. The number of carbonyl (C=O) groups is 1. The summed E-state index contributed by atoms with van der Waals surface area (Å²) in [5.41, 5.74) is 6.24. The second kappa shape index (κ2) is 6.56. The lowest BCUT2D eigenvalue weighted by Gasteiger charge is -2.23. The van der Waals surface area contributed by atoms with Gasteiger partial charge in [0.15, 0.2) is 9.84 Å². The number of hydrogen-bond acceptors (Lipinski definition) is 6. The van der Waals surface area contributed by atoms with Gasteiger partial charge in [0.1, 0.15) is 11.9 Å². The Balaban J connectivity index is 1.79. The highest BCUT2D eigenvalue weighted by atomic mass is 32.2. The molecule has 2 aliphatic heterocycles. The normalized spacial score (nSPS) is 23.9. The molecule has 3 rings (SSSR count). The van der Waals surface area contributed by atoms with Gasteiger partial charge in [-0.3, -0.25) is 4.90 Å². The van der Waals surface area contributed by atoms with Crippen molar-refractivity contribution in [3.8, 4) is 0 Å². The van der Waals surface area contributed by atoms with Crippen LogP contribution in [-0.2, 0) is 14.6 Å². The van der Waals surface area contributed by atoms with Crippen LogP contribution in [0.4, 0.5) is 20.6 Å². The number of halogens is 1. The molecule has 0 bridgehead atoms. The number of anilines is 2. The van der Waals surface area contributed by atoms with Gasteiger partial charge in [0, 0.05) is 19.6 Å². The number of benzene rings is 1. The van der Waals surface area contributed by atoms with Crippen LogP contribution in [0.1, 0.15) is 6.42 Å². The quantitative estimate of drug-likeness (QED) is 0.857. The van der Waals surface area contributed by atoms with E-state index in [1.807, 2.05) is 0 Å². The summed E-state index contributed by atoms with van der Waals surface area (Å²) in [5.74, 6) is -0.343. The van der Waals surface area contributed by atoms with E-state index in [9.17, 15) is 17.6 Å². The number of cyclic esters (lactones) is 1. The van der Waals surface area contributed by atoms with Crippen LogP contribution in [-0.4, -0.2) is 58.3 Å². The molecular weight excluding hydrogens is 337 g/mol. The van der Waals surface area contributed by atoms with E-state index in [4.69, 9.17) is 10.5 Å². The number of sulfone groups is 1. The van der Waals surface area contributed by atoms with Gasteiger partial charge in [0.2, 0.25) is 0 Å². The maximum Gasteiger partial charge on any atom is 0.414 e. The molecule has 1 unspecified atom stereocenters. The van der Waals surface area contributed by atoms with E-state index in [0.717, 1.165) is 0 Å². The average molecular weight is 357 g/mol. The number of carbonyl (C=O) groups excluding carboxylic acids is 1. The van der Waals surface area contributed by atoms with E-state index in [2.05, 4.69) is 0 Å². The summed E-state index contributed by atoms with van der Waals surface area (Å²) in [6, 6.07) is 4.48. The fourth-order valence-corrected chi connectivity index (χ4v) is 4.23. The molecule has 2 fully saturated rings. The molecule has 1 aromatic carbocycles. The first-order chi connectivity index (χ1) is 11.4. The lowest BCUT2D eigenvalue weighted by Crippen LogP contribution is -2.29. The summed E-state index contributed by atoms with van der Waals surface area (Å²) in [6.45, 7) is 1.25. The number of hydrogen-bond donors (Lipinski definition) is 1. The van der Waals surface area contributed by atoms with Gasteiger partial charge in [0.05, 0.1) is 29.4 Å². The summed E-state index contributed by atoms with van der Waals surface area (Å²) in [7, 11) is -3.06. The van der Waals surface area contributed by atoms with Crippen molar-refractivity contribution >= 4 is 27.3 Å². The Bertz CT molecular complexity index is 740. The van der Waals surface area contributed by atoms with E-state index >= 15 is 0 Å². The van der Waals surface area contributed by atoms with Crippen LogP contribution in [0.5, 0.6) is 0 Å². The second-order valence-electron chi connectivity index (χ2n) is 5.98. The van der Waals surface area contributed by atoms with E-state index in [1.165, 1.54) is 11.0 Å². The zero-order chi connectivity index (χ0) is 17.3. The summed E-state index contributed by atoms with van der Waals surface area (Å²) < 4.78 is 42.9. The molecule has 7 nitrogen and oxygen atoms in total. The van der Waals surface area contributed by atoms with Crippen LogP contribution in [0.3, 0.4) is 0 Å². The van der Waals surface area contributed by atoms with Gasteiger partial charge in [-0.25, -0.2) is 17.6 Å². The fraction of sp³-hybridized carbons (Fsp3) is 0.533. The molecule has 9 heteroatoms. The molecule has 0 aliphatic carbocycles. The van der Waals surface area contributed by atoms with Crippen molar-refractivity contribution in [2.24, 2.45) is 5.73 Å². The first-order valence-electron chi connectivity index (χ1n) is 7.83. The maximum atomic E-state index is 14.5. The molecule has 0 saturated carbocycles. The van der Waals surface area contributed by atoms with Crippen molar-refractivity contribution in [1.82, 2.24) is 0 Å². The van der Waals surface area contributed by atoms with Crippen LogP contribution in [0.2, 0.25) is 0 Å². The number of ether oxygens (including phenoxy) is 1.